The highest BCUT2D eigenvalue weighted by molar-refractivity contribution is 6.02. The maximum atomic E-state index is 15.0. The fourth-order valence-corrected chi connectivity index (χ4v) is 15.2. The van der Waals surface area contributed by atoms with E-state index in [0.29, 0.717) is 57.8 Å². The molecule has 2 fully saturated rings. The first-order valence-electron chi connectivity index (χ1n) is 42.4. The van der Waals surface area contributed by atoms with Gasteiger partial charge in [-0.05, 0) is 149 Å². The number of amides is 14. The number of nitrogens with zero attached hydrogens (tertiary/aromatic N) is 2. The molecule has 0 unspecified atom stereocenters. The van der Waals surface area contributed by atoms with E-state index in [4.69, 9.17) is 17.2 Å². The number of aliphatic carboxylic acids is 2. The van der Waals surface area contributed by atoms with Gasteiger partial charge in [-0.25, -0.2) is 4.79 Å². The fraction of sp³-hybridized carbons (Fsp3) is 0.558. The van der Waals surface area contributed by atoms with Gasteiger partial charge < -0.3 is 116 Å². The van der Waals surface area contributed by atoms with E-state index >= 15 is 0 Å². The molecule has 7 rings (SSSR count). The Morgan fingerprint density at radius 1 is 0.460 bits per heavy atom. The van der Waals surface area contributed by atoms with Crippen LogP contribution in [0.4, 0.5) is 0 Å². The number of fused-ring (bicyclic) bond motifs is 2. The number of phenols is 1. The second-order valence-electron chi connectivity index (χ2n) is 33.6. The number of benzene rings is 3. The number of aromatic amines is 2. The standard InChI is InChI=1S/C86H124N18O20/c1-11-47(8)71(101-73(110)48(9)88)82(119)97-63(39-52-43-91-57-23-15-13-21-55(52)57)77(114)94-61(37-50-27-29-53(106)30-28-50)76(113)99-65(41-70(108)109)85(122)104-33-18-25-67(104)80(117)96-60(35-45(4)5)79(116)102-72(49(10)105)83(120)92-58(24-16-17-31-87)74(111)93-59(34-44(2)3)75(112)95-62(38-51-42-90-56-22-14-12-20-54(51)56)78(115)98-64(36-46(6)7)84(121)103-32-19-26-68(103)81(118)100-66(86(123)124)40-69(89)107/h12-15,20-23,27-30,42-49,58-68,71-72,90-91,105-106H,11,16-19,24-26,31-41,87-88H2,1-10H3,(H2,89,107)(H,92,120)(H,93,111)(H,94,114)(H,95,112)(H,96,117)(H,97,119)(H,98,115)(H,99,113)(H,100,118)(H,101,110)(H,102,116)(H,108,109)(H,123,124)/t47-,48-,49+,58-,59-,60-,61-,62-,63-,64-,65-,66-,67-,68-,71-,72-/m0/s1. The van der Waals surface area contributed by atoms with Crippen molar-refractivity contribution in [2.45, 2.75) is 263 Å². The van der Waals surface area contributed by atoms with Crippen molar-refractivity contribution in [3.8, 4) is 5.75 Å². The van der Waals surface area contributed by atoms with Gasteiger partial charge in [0.25, 0.3) is 0 Å². The number of para-hydroxylation sites is 2. The Morgan fingerprint density at radius 2 is 0.863 bits per heavy atom. The van der Waals surface area contributed by atoms with Crippen LogP contribution in [0.5, 0.6) is 5.75 Å². The molecule has 4 heterocycles. The molecular formula is C86H124N18O20. The van der Waals surface area contributed by atoms with Crippen molar-refractivity contribution in [3.05, 3.63) is 102 Å². The molecule has 0 radical (unpaired) electrons. The number of aliphatic hydroxyl groups excluding tert-OH is 1. The first kappa shape index (κ1) is 99.0. The van der Waals surface area contributed by atoms with E-state index in [-0.39, 0.29) is 114 Å². The smallest absolute Gasteiger partial charge is 0.326 e. The molecule has 124 heavy (non-hydrogen) atoms. The van der Waals surface area contributed by atoms with E-state index in [9.17, 15) is 97.1 Å². The highest BCUT2D eigenvalue weighted by Crippen LogP contribution is 2.27. The van der Waals surface area contributed by atoms with Gasteiger partial charge in [-0.1, -0.05) is 110 Å². The van der Waals surface area contributed by atoms with Crippen LogP contribution >= 0.6 is 0 Å². The van der Waals surface area contributed by atoms with Crippen LogP contribution in [-0.4, -0.2) is 245 Å². The van der Waals surface area contributed by atoms with Crippen LogP contribution in [0.15, 0.2) is 85.2 Å². The van der Waals surface area contributed by atoms with Gasteiger partial charge in [0.1, 0.15) is 84.3 Å². The Bertz CT molecular complexity index is 4580. The number of carboxylic acids is 2. The number of phenolic OH excluding ortho intramolecular Hbond substituents is 1. The fourth-order valence-electron chi connectivity index (χ4n) is 15.2. The van der Waals surface area contributed by atoms with Gasteiger partial charge in [-0.2, -0.15) is 0 Å². The van der Waals surface area contributed by atoms with Crippen LogP contribution in [0, 0.1) is 23.7 Å². The quantitative estimate of drug-likeness (QED) is 0.0231. The number of nitrogens with two attached hydrogens (primary N) is 3. The number of carbonyl (C=O) groups is 16. The summed E-state index contributed by atoms with van der Waals surface area (Å²) >= 11 is 0. The summed E-state index contributed by atoms with van der Waals surface area (Å²) in [7, 11) is 0. The average molecular weight is 1730 g/mol. The van der Waals surface area contributed by atoms with Crippen molar-refractivity contribution in [2.75, 3.05) is 19.6 Å². The van der Waals surface area contributed by atoms with Crippen molar-refractivity contribution < 1.29 is 97.1 Å². The lowest BCUT2D eigenvalue weighted by molar-refractivity contribution is -0.146. The van der Waals surface area contributed by atoms with Gasteiger partial charge in [0.2, 0.25) is 82.7 Å². The van der Waals surface area contributed by atoms with E-state index in [1.54, 1.807) is 116 Å². The summed E-state index contributed by atoms with van der Waals surface area (Å²) in [5.74, 6) is -17.1. The Balaban J connectivity index is 1.09. The molecule has 0 aliphatic carbocycles. The van der Waals surface area contributed by atoms with Crippen LogP contribution in [0.25, 0.3) is 21.8 Å². The summed E-state index contributed by atoms with van der Waals surface area (Å²) in [5, 5.41) is 72.2. The SMILES string of the molecule is CC[C@H](C)[C@H](NC(=O)[C@H](C)N)C(=O)N[C@@H](Cc1c[nH]c2ccccc12)C(=O)N[C@@H](Cc1ccc(O)cc1)C(=O)N[C@@H](CC(=O)O)C(=O)N1CCC[C@H]1C(=O)N[C@@H](CC(C)C)C(=O)N[C@H](C(=O)N[C@@H](CCCCN)C(=O)N[C@@H](CC(C)C)C(=O)N[C@@H](Cc1c[nH]c2ccccc12)C(=O)N[C@@H](CC(C)C)C(=O)N1CCC[C@H]1C(=O)N[C@@H](CC(N)=O)C(=O)O)[C@@H](C)O. The second-order valence-corrected chi connectivity index (χ2v) is 33.6. The largest absolute Gasteiger partial charge is 0.508 e. The van der Waals surface area contributed by atoms with E-state index < -0.39 is 204 Å². The van der Waals surface area contributed by atoms with E-state index in [2.05, 4.69) is 68.5 Å². The Labute approximate surface area is 719 Å². The number of unbranched alkanes of at least 4 members (excludes halogenated alkanes) is 1. The van der Waals surface area contributed by atoms with Gasteiger partial charge >= 0.3 is 11.9 Å². The zero-order valence-corrected chi connectivity index (χ0v) is 71.9. The first-order valence-corrected chi connectivity index (χ1v) is 42.4. The summed E-state index contributed by atoms with van der Waals surface area (Å²) in [6.07, 6.45) is 0.584. The molecule has 2 aliphatic heterocycles. The van der Waals surface area contributed by atoms with E-state index in [1.807, 2.05) is 0 Å². The molecule has 0 saturated carbocycles. The number of hydrogen-bond donors (Lipinski definition) is 20. The third-order valence-corrected chi connectivity index (χ3v) is 22.0. The van der Waals surface area contributed by atoms with Crippen molar-refractivity contribution >= 4 is 116 Å². The van der Waals surface area contributed by atoms with Crippen molar-refractivity contribution in [1.29, 1.82) is 0 Å². The molecular weight excluding hydrogens is 1610 g/mol. The number of carboxylic acid groups (broad SMARTS) is 2. The summed E-state index contributed by atoms with van der Waals surface area (Å²) < 4.78 is 0. The highest BCUT2D eigenvalue weighted by atomic mass is 16.4. The summed E-state index contributed by atoms with van der Waals surface area (Å²) in [5.41, 5.74) is 20.0. The maximum absolute atomic E-state index is 15.0. The predicted octanol–water partition coefficient (Wildman–Crippen LogP) is 0.174. The number of H-pyrrole nitrogens is 2. The molecule has 16 atom stereocenters. The molecule has 14 amide bonds. The summed E-state index contributed by atoms with van der Waals surface area (Å²) in [6, 6.07) is -0.540. The zero-order chi connectivity index (χ0) is 91.5. The number of aliphatic hydroxyl groups is 1. The van der Waals surface area contributed by atoms with Crippen LogP contribution in [0.2, 0.25) is 0 Å². The van der Waals surface area contributed by atoms with Gasteiger partial charge in [0.15, 0.2) is 0 Å². The minimum absolute atomic E-state index is 0.0287. The number of nitrogens with one attached hydrogen (secondary N) is 13. The lowest BCUT2D eigenvalue weighted by Gasteiger charge is -2.31. The number of rotatable bonds is 48. The number of aromatic nitrogens is 2. The van der Waals surface area contributed by atoms with Gasteiger partial charge in [0, 0.05) is 66.6 Å². The van der Waals surface area contributed by atoms with Crippen LogP contribution in [0.1, 0.15) is 169 Å². The number of carbonyl (C=O) groups excluding carboxylic acids is 14. The lowest BCUT2D eigenvalue weighted by Crippen LogP contribution is -2.62. The molecule has 2 aliphatic rings. The normalized spacial score (nSPS) is 17.4. The number of likely N-dealkylation sites (tertiary alicyclic amines) is 2. The Kier molecular flexibility index (Phi) is 37.5. The molecule has 0 spiro atoms. The summed E-state index contributed by atoms with van der Waals surface area (Å²) in [6.45, 7) is 16.8. The van der Waals surface area contributed by atoms with Crippen molar-refractivity contribution in [3.63, 3.8) is 0 Å². The number of aromatic hydroxyl groups is 1. The van der Waals surface area contributed by atoms with Gasteiger partial charge in [-0.3, -0.25) is 71.9 Å². The first-order chi connectivity index (χ1) is 58.7. The maximum Gasteiger partial charge on any atom is 0.326 e. The van der Waals surface area contributed by atoms with Crippen LogP contribution in [0.3, 0.4) is 0 Å². The Morgan fingerprint density at radius 3 is 1.33 bits per heavy atom. The van der Waals surface area contributed by atoms with Crippen LogP contribution in [-0.2, 0) is 96.0 Å². The Hall–Kier alpha value is -12.1. The number of hydrogen-bond acceptors (Lipinski definition) is 20. The highest BCUT2D eigenvalue weighted by Gasteiger charge is 2.45. The molecule has 3 aromatic carbocycles. The molecule has 38 nitrogen and oxygen atoms in total. The minimum atomic E-state index is -1.91. The molecule has 38 heteroatoms. The topological polar surface area (TPSA) is 602 Å². The lowest BCUT2D eigenvalue weighted by atomic mass is 9.96. The third-order valence-electron chi connectivity index (χ3n) is 22.0. The van der Waals surface area contributed by atoms with Gasteiger partial charge in [0.05, 0.1) is 25.0 Å². The van der Waals surface area contributed by atoms with Crippen molar-refractivity contribution in [2.24, 2.45) is 40.9 Å². The molecule has 23 N–H and O–H groups in total. The average Bonchev–Trinajstić information content (AvgIpc) is 1.56. The summed E-state index contributed by atoms with van der Waals surface area (Å²) in [4.78, 5) is 234. The number of primary amides is 1. The third kappa shape index (κ3) is 28.8. The zero-order valence-electron chi connectivity index (χ0n) is 71.9. The van der Waals surface area contributed by atoms with E-state index in [0.717, 1.165) is 4.90 Å². The molecule has 5 aromatic rings. The molecule has 2 saturated heterocycles. The molecule has 0 bridgehead atoms. The van der Waals surface area contributed by atoms with Gasteiger partial charge in [-0.15, -0.1) is 0 Å². The van der Waals surface area contributed by atoms with Crippen molar-refractivity contribution in [1.82, 2.24) is 78.3 Å². The van der Waals surface area contributed by atoms with Crippen LogP contribution < -0.4 is 75.7 Å². The monoisotopic (exact) mass is 1730 g/mol. The minimum Gasteiger partial charge on any atom is -0.508 e. The molecule has 678 valence electrons. The predicted molar refractivity (Wildman–Crippen MR) is 456 cm³/mol. The molecule has 2 aromatic heterocycles. The van der Waals surface area contributed by atoms with E-state index in [1.165, 1.54) is 43.0 Å². The second kappa shape index (κ2) is 47.0.